The van der Waals surface area contributed by atoms with Crippen LogP contribution in [0.25, 0.3) is 0 Å². The Balaban J connectivity index is 1.52. The van der Waals surface area contributed by atoms with E-state index in [0.29, 0.717) is 34.9 Å². The van der Waals surface area contributed by atoms with Gasteiger partial charge in [0.05, 0.1) is 11.8 Å². The van der Waals surface area contributed by atoms with Crippen LogP contribution in [0.3, 0.4) is 0 Å². The number of fused-ring (bicyclic) bond motifs is 1. The van der Waals surface area contributed by atoms with E-state index in [1.165, 1.54) is 17.3 Å². The molecule has 3 N–H and O–H groups in total. The summed E-state index contributed by atoms with van der Waals surface area (Å²) in [6.45, 7) is 1.87. The van der Waals surface area contributed by atoms with Crippen molar-refractivity contribution in [2.45, 2.75) is 25.8 Å². The van der Waals surface area contributed by atoms with E-state index >= 15 is 0 Å². The SMILES string of the molecule is CC1CCC(C(=O)Nc2cccc(Cl)c2)=C2NC=C(C(=O)N/N=C/c3ccccc3)C(=O)N21. The molecule has 2 aliphatic heterocycles. The van der Waals surface area contributed by atoms with Crippen molar-refractivity contribution >= 4 is 41.2 Å². The van der Waals surface area contributed by atoms with Gasteiger partial charge in [0, 0.05) is 23.0 Å². The Morgan fingerprint density at radius 2 is 1.94 bits per heavy atom. The first kappa shape index (κ1) is 22.3. The number of carbonyl (C=O) groups is 3. The molecule has 0 radical (unpaired) electrons. The smallest absolute Gasteiger partial charge is 0.278 e. The number of nitrogens with zero attached hydrogens (tertiary/aromatic N) is 2. The summed E-state index contributed by atoms with van der Waals surface area (Å²) in [6.07, 6.45) is 3.87. The molecule has 2 aliphatic rings. The molecule has 33 heavy (non-hydrogen) atoms. The fourth-order valence-electron chi connectivity index (χ4n) is 3.68. The molecule has 0 spiro atoms. The van der Waals surface area contributed by atoms with Gasteiger partial charge in [-0.2, -0.15) is 5.10 Å². The molecular weight excluding hydrogens is 442 g/mol. The molecule has 0 aromatic heterocycles. The summed E-state index contributed by atoms with van der Waals surface area (Å²) >= 11 is 6.00. The second-order valence-corrected chi connectivity index (χ2v) is 8.10. The fraction of sp³-hybridized carbons (Fsp3) is 0.167. The molecule has 2 aromatic carbocycles. The highest BCUT2D eigenvalue weighted by Crippen LogP contribution is 2.30. The lowest BCUT2D eigenvalue weighted by atomic mass is 9.96. The van der Waals surface area contributed by atoms with E-state index in [9.17, 15) is 14.4 Å². The van der Waals surface area contributed by atoms with Gasteiger partial charge in [-0.15, -0.1) is 0 Å². The lowest BCUT2D eigenvalue weighted by Gasteiger charge is -2.39. The highest BCUT2D eigenvalue weighted by Gasteiger charge is 2.38. The number of rotatable bonds is 5. The largest absolute Gasteiger partial charge is 0.347 e. The van der Waals surface area contributed by atoms with Crippen LogP contribution >= 0.6 is 11.6 Å². The molecule has 1 atom stereocenters. The molecule has 2 heterocycles. The zero-order chi connectivity index (χ0) is 23.4. The Bertz CT molecular complexity index is 1190. The van der Waals surface area contributed by atoms with Crippen molar-refractivity contribution in [3.63, 3.8) is 0 Å². The van der Waals surface area contributed by atoms with Crippen molar-refractivity contribution in [1.82, 2.24) is 15.6 Å². The van der Waals surface area contributed by atoms with Gasteiger partial charge < -0.3 is 10.6 Å². The summed E-state index contributed by atoms with van der Waals surface area (Å²) in [5.74, 6) is -1.08. The molecule has 4 rings (SSSR count). The number of halogens is 1. The van der Waals surface area contributed by atoms with Gasteiger partial charge in [0.15, 0.2) is 0 Å². The predicted octanol–water partition coefficient (Wildman–Crippen LogP) is 3.14. The van der Waals surface area contributed by atoms with Crippen molar-refractivity contribution in [2.24, 2.45) is 5.10 Å². The number of hydrazone groups is 1. The summed E-state index contributed by atoms with van der Waals surface area (Å²) in [5, 5.41) is 10.2. The Morgan fingerprint density at radius 1 is 1.15 bits per heavy atom. The molecule has 0 saturated carbocycles. The van der Waals surface area contributed by atoms with E-state index in [1.54, 1.807) is 24.3 Å². The van der Waals surface area contributed by atoms with Crippen molar-refractivity contribution in [3.05, 3.63) is 88.4 Å². The molecule has 0 aliphatic carbocycles. The second-order valence-electron chi connectivity index (χ2n) is 7.67. The van der Waals surface area contributed by atoms with Gasteiger partial charge in [0.2, 0.25) is 0 Å². The summed E-state index contributed by atoms with van der Waals surface area (Å²) in [4.78, 5) is 40.1. The first-order valence-corrected chi connectivity index (χ1v) is 10.8. The first-order valence-electron chi connectivity index (χ1n) is 10.4. The zero-order valence-electron chi connectivity index (χ0n) is 17.8. The molecule has 0 fully saturated rings. The van der Waals surface area contributed by atoms with Crippen LogP contribution in [0.15, 0.2) is 82.9 Å². The van der Waals surface area contributed by atoms with E-state index < -0.39 is 11.8 Å². The summed E-state index contributed by atoms with van der Waals surface area (Å²) in [7, 11) is 0. The average Bonchev–Trinajstić information content (AvgIpc) is 2.80. The van der Waals surface area contributed by atoms with Gasteiger partial charge in [0.25, 0.3) is 17.7 Å². The van der Waals surface area contributed by atoms with Gasteiger partial charge in [-0.25, -0.2) is 5.43 Å². The quantitative estimate of drug-likeness (QED) is 0.360. The summed E-state index contributed by atoms with van der Waals surface area (Å²) < 4.78 is 0. The highest BCUT2D eigenvalue weighted by molar-refractivity contribution is 6.31. The van der Waals surface area contributed by atoms with Gasteiger partial charge in [-0.05, 0) is 43.5 Å². The Hall–Kier alpha value is -3.91. The fourth-order valence-corrected chi connectivity index (χ4v) is 3.87. The van der Waals surface area contributed by atoms with Crippen LogP contribution in [0.2, 0.25) is 5.02 Å². The van der Waals surface area contributed by atoms with E-state index in [1.807, 2.05) is 37.3 Å². The lowest BCUT2D eigenvalue weighted by Crippen LogP contribution is -2.51. The van der Waals surface area contributed by atoms with Crippen LogP contribution in [0.4, 0.5) is 5.69 Å². The zero-order valence-corrected chi connectivity index (χ0v) is 18.6. The van der Waals surface area contributed by atoms with Crippen molar-refractivity contribution in [1.29, 1.82) is 0 Å². The molecule has 0 bridgehead atoms. The number of hydrogen-bond acceptors (Lipinski definition) is 5. The monoisotopic (exact) mass is 463 g/mol. The van der Waals surface area contributed by atoms with Crippen LogP contribution < -0.4 is 16.1 Å². The van der Waals surface area contributed by atoms with Crippen LogP contribution in [-0.2, 0) is 14.4 Å². The van der Waals surface area contributed by atoms with Crippen molar-refractivity contribution < 1.29 is 14.4 Å². The average molecular weight is 464 g/mol. The summed E-state index contributed by atoms with van der Waals surface area (Å²) in [5.41, 5.74) is 4.09. The maximum Gasteiger partial charge on any atom is 0.278 e. The maximum atomic E-state index is 13.1. The minimum Gasteiger partial charge on any atom is -0.347 e. The predicted molar refractivity (Wildman–Crippen MR) is 126 cm³/mol. The second kappa shape index (κ2) is 9.70. The van der Waals surface area contributed by atoms with E-state index in [4.69, 9.17) is 11.6 Å². The third-order valence-corrected chi connectivity index (χ3v) is 5.60. The standard InChI is InChI=1S/C24H22ClN5O3/c1-15-10-11-19(22(31)28-18-9-5-8-17(25)12-18)21-26-14-20(24(33)30(15)21)23(32)29-27-13-16-6-3-2-4-7-16/h2-9,12-15,26H,10-11H2,1H3,(H,28,31)(H,29,32)/b27-13+. The number of carbonyl (C=O) groups excluding carboxylic acids is 3. The number of amides is 3. The molecule has 2 aromatic rings. The van der Waals surface area contributed by atoms with E-state index in [0.717, 1.165) is 5.56 Å². The van der Waals surface area contributed by atoms with Gasteiger partial charge in [-0.3, -0.25) is 19.3 Å². The third kappa shape index (κ3) is 4.96. The molecule has 1 unspecified atom stereocenters. The Labute approximate surface area is 196 Å². The minimum absolute atomic E-state index is 0.0905. The van der Waals surface area contributed by atoms with Crippen LogP contribution in [0, 0.1) is 0 Å². The van der Waals surface area contributed by atoms with Crippen LogP contribution in [0.5, 0.6) is 0 Å². The number of benzene rings is 2. The van der Waals surface area contributed by atoms with Gasteiger partial charge in [-0.1, -0.05) is 48.0 Å². The van der Waals surface area contributed by atoms with Gasteiger partial charge in [0.1, 0.15) is 11.4 Å². The molecule has 168 valence electrons. The minimum atomic E-state index is -0.638. The van der Waals surface area contributed by atoms with Crippen molar-refractivity contribution in [3.8, 4) is 0 Å². The van der Waals surface area contributed by atoms with Gasteiger partial charge >= 0.3 is 0 Å². The number of anilines is 1. The van der Waals surface area contributed by atoms with Crippen LogP contribution in [-0.4, -0.2) is 34.9 Å². The third-order valence-electron chi connectivity index (χ3n) is 5.36. The molecule has 3 amide bonds. The topological polar surface area (TPSA) is 103 Å². The number of hydrogen-bond donors (Lipinski definition) is 3. The molecular formula is C24H22ClN5O3. The van der Waals surface area contributed by atoms with E-state index in [-0.39, 0.29) is 17.5 Å². The number of nitrogens with one attached hydrogen (secondary N) is 3. The lowest BCUT2D eigenvalue weighted by molar-refractivity contribution is -0.131. The van der Waals surface area contributed by atoms with Crippen LogP contribution in [0.1, 0.15) is 25.3 Å². The molecule has 9 heteroatoms. The first-order chi connectivity index (χ1) is 15.9. The highest BCUT2D eigenvalue weighted by atomic mass is 35.5. The maximum absolute atomic E-state index is 13.1. The summed E-state index contributed by atoms with van der Waals surface area (Å²) in [6, 6.07) is 15.9. The Morgan fingerprint density at radius 3 is 2.70 bits per heavy atom. The Kier molecular flexibility index (Phi) is 6.55. The molecule has 8 nitrogen and oxygen atoms in total. The molecule has 0 saturated heterocycles. The van der Waals surface area contributed by atoms with E-state index in [2.05, 4.69) is 21.2 Å². The van der Waals surface area contributed by atoms with Crippen molar-refractivity contribution in [2.75, 3.05) is 5.32 Å². The normalized spacial score (nSPS) is 17.9.